The van der Waals surface area contributed by atoms with Crippen molar-refractivity contribution in [3.63, 3.8) is 0 Å². The lowest BCUT2D eigenvalue weighted by Gasteiger charge is -2.36. The normalized spacial score (nSPS) is 20.2. The van der Waals surface area contributed by atoms with Gasteiger partial charge in [0.05, 0.1) is 12.2 Å². The van der Waals surface area contributed by atoms with E-state index in [2.05, 4.69) is 25.8 Å². The molecule has 2 saturated heterocycles. The fourth-order valence-corrected chi connectivity index (χ4v) is 4.38. The number of hydrogen-bond acceptors (Lipinski definition) is 6. The first-order valence-corrected chi connectivity index (χ1v) is 9.60. The van der Waals surface area contributed by atoms with Crippen molar-refractivity contribution in [2.24, 2.45) is 0 Å². The number of aryl methyl sites for hydroxylation is 1. The predicted octanol–water partition coefficient (Wildman–Crippen LogP) is 3.33. The van der Waals surface area contributed by atoms with E-state index >= 15 is 0 Å². The molecule has 6 nitrogen and oxygen atoms in total. The van der Waals surface area contributed by atoms with Crippen molar-refractivity contribution in [2.75, 3.05) is 22.9 Å². The maximum Gasteiger partial charge on any atom is 0.163 e. The quantitative estimate of drug-likeness (QED) is 0.688. The van der Waals surface area contributed by atoms with Crippen LogP contribution in [-0.2, 0) is 0 Å². The van der Waals surface area contributed by atoms with E-state index in [0.29, 0.717) is 17.2 Å². The van der Waals surface area contributed by atoms with Crippen molar-refractivity contribution < 1.29 is 4.39 Å². The Morgan fingerprint density at radius 2 is 1.93 bits per heavy atom. The molecule has 4 heterocycles. The van der Waals surface area contributed by atoms with Gasteiger partial charge in [0.2, 0.25) is 0 Å². The average molecular weight is 386 g/mol. The molecule has 1 aromatic carbocycles. The van der Waals surface area contributed by atoms with Gasteiger partial charge in [-0.05, 0) is 43.2 Å². The molecule has 2 atom stereocenters. The lowest BCUT2D eigenvalue weighted by atomic mass is 10.2. The van der Waals surface area contributed by atoms with E-state index in [-0.39, 0.29) is 17.9 Å². The Bertz CT molecular complexity index is 1120. The Balaban J connectivity index is 1.45. The number of aromatic nitrogens is 3. The second-order valence-corrected chi connectivity index (χ2v) is 7.62. The summed E-state index contributed by atoms with van der Waals surface area (Å²) in [5, 5.41) is 9.59. The third-order valence-corrected chi connectivity index (χ3v) is 5.67. The van der Waals surface area contributed by atoms with E-state index in [9.17, 15) is 9.65 Å². The molecule has 2 aliphatic heterocycles. The minimum atomic E-state index is -0.221. The van der Waals surface area contributed by atoms with Crippen LogP contribution in [-0.4, -0.2) is 40.1 Å². The molecule has 144 valence electrons. The van der Waals surface area contributed by atoms with Crippen LogP contribution in [0, 0.1) is 24.1 Å². The van der Waals surface area contributed by atoms with Gasteiger partial charge in [-0.15, -0.1) is 0 Å². The fourth-order valence-electron chi connectivity index (χ4n) is 4.38. The Kier molecular flexibility index (Phi) is 4.13. The standard InChI is InChI=1S/C22H19FN6/c1-14-5-15(10-25-9-14)21-26-11-16(8-24)22(27-21)29-13-19-7-20(29)12-28(19)18-4-2-3-17(23)6-18/h2-6,9-11,19-20H,7,12-13H2,1H3/t19-,20-/m0/s1. The molecule has 0 saturated carbocycles. The number of fused-ring (bicyclic) bond motifs is 2. The molecule has 5 rings (SSSR count). The third kappa shape index (κ3) is 3.07. The van der Waals surface area contributed by atoms with E-state index in [1.807, 2.05) is 19.1 Å². The van der Waals surface area contributed by atoms with Crippen LogP contribution in [0.15, 0.2) is 48.9 Å². The van der Waals surface area contributed by atoms with Crippen LogP contribution in [0.25, 0.3) is 11.4 Å². The number of nitrogens with zero attached hydrogens (tertiary/aromatic N) is 6. The molecule has 3 aromatic rings. The van der Waals surface area contributed by atoms with Gasteiger partial charge in [0, 0.05) is 42.8 Å². The van der Waals surface area contributed by atoms with Gasteiger partial charge in [-0.2, -0.15) is 5.26 Å². The van der Waals surface area contributed by atoms with Crippen molar-refractivity contribution in [1.82, 2.24) is 15.0 Å². The van der Waals surface area contributed by atoms with Crippen LogP contribution in [0.5, 0.6) is 0 Å². The number of rotatable bonds is 3. The first-order chi connectivity index (χ1) is 14.1. The summed E-state index contributed by atoms with van der Waals surface area (Å²) in [5.74, 6) is 1.02. The highest BCUT2D eigenvalue weighted by molar-refractivity contribution is 5.64. The van der Waals surface area contributed by atoms with Gasteiger partial charge in [0.15, 0.2) is 11.6 Å². The summed E-state index contributed by atoms with van der Waals surface area (Å²) in [5.41, 5.74) is 3.25. The number of nitriles is 1. The first kappa shape index (κ1) is 17.6. The molecular formula is C22H19FN6. The summed E-state index contributed by atoms with van der Waals surface area (Å²) in [4.78, 5) is 17.8. The number of benzene rings is 1. The summed E-state index contributed by atoms with van der Waals surface area (Å²) in [6, 6.07) is 11.5. The number of halogens is 1. The maximum absolute atomic E-state index is 13.6. The molecule has 2 aromatic heterocycles. The molecule has 0 spiro atoms. The second kappa shape index (κ2) is 6.82. The van der Waals surface area contributed by atoms with Gasteiger partial charge in [0.1, 0.15) is 17.4 Å². The highest BCUT2D eigenvalue weighted by atomic mass is 19.1. The Morgan fingerprint density at radius 1 is 1.10 bits per heavy atom. The number of anilines is 2. The van der Waals surface area contributed by atoms with Crippen LogP contribution in [0.4, 0.5) is 15.9 Å². The molecule has 0 unspecified atom stereocenters. The zero-order chi connectivity index (χ0) is 20.0. The highest BCUT2D eigenvalue weighted by Crippen LogP contribution is 2.38. The van der Waals surface area contributed by atoms with Crippen molar-refractivity contribution in [3.8, 4) is 17.5 Å². The van der Waals surface area contributed by atoms with E-state index in [1.165, 1.54) is 6.07 Å². The summed E-state index contributed by atoms with van der Waals surface area (Å²) >= 11 is 0. The van der Waals surface area contributed by atoms with Crippen LogP contribution in [0.1, 0.15) is 17.5 Å². The molecule has 0 amide bonds. The summed E-state index contributed by atoms with van der Waals surface area (Å²) in [6.07, 6.45) is 6.08. The fraction of sp³-hybridized carbons (Fsp3) is 0.273. The molecule has 2 bridgehead atoms. The third-order valence-electron chi connectivity index (χ3n) is 5.67. The topological polar surface area (TPSA) is 68.9 Å². The van der Waals surface area contributed by atoms with Crippen molar-refractivity contribution in [3.05, 3.63) is 65.9 Å². The second-order valence-electron chi connectivity index (χ2n) is 7.62. The number of piperazine rings is 1. The van der Waals surface area contributed by atoms with Gasteiger partial charge in [-0.1, -0.05) is 6.07 Å². The van der Waals surface area contributed by atoms with Crippen molar-refractivity contribution in [2.45, 2.75) is 25.4 Å². The van der Waals surface area contributed by atoms with Gasteiger partial charge in [-0.25, -0.2) is 14.4 Å². The van der Waals surface area contributed by atoms with Crippen LogP contribution >= 0.6 is 0 Å². The average Bonchev–Trinajstić information content (AvgIpc) is 3.34. The summed E-state index contributed by atoms with van der Waals surface area (Å²) in [6.45, 7) is 3.50. The molecule has 0 radical (unpaired) electrons. The largest absolute Gasteiger partial charge is 0.365 e. The molecule has 0 N–H and O–H groups in total. The Morgan fingerprint density at radius 3 is 2.66 bits per heavy atom. The summed E-state index contributed by atoms with van der Waals surface area (Å²) < 4.78 is 13.6. The first-order valence-electron chi connectivity index (χ1n) is 9.60. The van der Waals surface area contributed by atoms with E-state index < -0.39 is 0 Å². The highest BCUT2D eigenvalue weighted by Gasteiger charge is 2.44. The summed E-state index contributed by atoms with van der Waals surface area (Å²) in [7, 11) is 0. The minimum Gasteiger partial charge on any atom is -0.365 e. The van der Waals surface area contributed by atoms with Crippen molar-refractivity contribution >= 4 is 11.5 Å². The lowest BCUT2D eigenvalue weighted by Crippen LogP contribution is -2.47. The molecule has 2 fully saturated rings. The van der Waals surface area contributed by atoms with Gasteiger partial charge >= 0.3 is 0 Å². The molecular weight excluding hydrogens is 367 g/mol. The van der Waals surface area contributed by atoms with Crippen LogP contribution < -0.4 is 9.80 Å². The van der Waals surface area contributed by atoms with Crippen LogP contribution in [0.2, 0.25) is 0 Å². The Hall–Kier alpha value is -3.53. The smallest absolute Gasteiger partial charge is 0.163 e. The number of hydrogen-bond donors (Lipinski definition) is 0. The van der Waals surface area contributed by atoms with E-state index in [0.717, 1.165) is 36.3 Å². The van der Waals surface area contributed by atoms with Crippen molar-refractivity contribution in [1.29, 1.82) is 5.26 Å². The SMILES string of the molecule is Cc1cncc(-c2ncc(C#N)c(N3C[C@@H]4C[C@H]3CN4c3cccc(F)c3)n2)c1. The molecule has 0 aliphatic carbocycles. The van der Waals surface area contributed by atoms with Gasteiger partial charge in [0.25, 0.3) is 0 Å². The van der Waals surface area contributed by atoms with Gasteiger partial charge < -0.3 is 9.80 Å². The van der Waals surface area contributed by atoms with E-state index in [1.54, 1.807) is 30.7 Å². The van der Waals surface area contributed by atoms with Gasteiger partial charge in [-0.3, -0.25) is 4.98 Å². The molecule has 29 heavy (non-hydrogen) atoms. The predicted molar refractivity (Wildman–Crippen MR) is 108 cm³/mol. The molecule has 2 aliphatic rings. The lowest BCUT2D eigenvalue weighted by molar-refractivity contribution is 0.617. The van der Waals surface area contributed by atoms with E-state index in [4.69, 9.17) is 4.98 Å². The monoisotopic (exact) mass is 386 g/mol. The zero-order valence-electron chi connectivity index (χ0n) is 16.0. The zero-order valence-corrected chi connectivity index (χ0v) is 16.0. The van der Waals surface area contributed by atoms with Crippen LogP contribution in [0.3, 0.4) is 0 Å². The maximum atomic E-state index is 13.6. The Labute approximate surface area is 168 Å². The molecule has 7 heteroatoms. The minimum absolute atomic E-state index is 0.221. The number of pyridine rings is 1.